The summed E-state index contributed by atoms with van der Waals surface area (Å²) in [5, 5.41) is 1.19. The Balaban J connectivity index is 3.04. The molecular weight excluding hydrogens is 248 g/mol. The molecule has 1 rings (SSSR count). The molecule has 94 valence electrons. The highest BCUT2D eigenvalue weighted by Gasteiger charge is 2.36. The third kappa shape index (κ3) is 3.68. The van der Waals surface area contributed by atoms with Gasteiger partial charge in [0.25, 0.3) is 0 Å². The molecule has 0 radical (unpaired) electrons. The Hall–Kier alpha value is -0.603. The lowest BCUT2D eigenvalue weighted by Gasteiger charge is -2.35. The fraction of sp³-hybridized carbons (Fsp3) is 0.500. The predicted octanol–water partition coefficient (Wildman–Crippen LogP) is 3.78. The highest BCUT2D eigenvalue weighted by Crippen LogP contribution is 2.33. The second-order valence-electron chi connectivity index (χ2n) is 5.50. The number of carbonyl (C=O) groups excluding carboxylic acids is 1. The maximum absolute atomic E-state index is 11.2. The molecule has 1 atom stereocenters. The largest absolute Gasteiger partial charge is 0.281 e. The Labute approximate surface area is 110 Å². The lowest BCUT2D eigenvalue weighted by atomic mass is 10.1. The van der Waals surface area contributed by atoms with Crippen LogP contribution in [0.5, 0.6) is 0 Å². The van der Waals surface area contributed by atoms with Crippen LogP contribution in [0, 0.1) is 5.92 Å². The number of hydrogen-bond donors (Lipinski definition) is 0. The van der Waals surface area contributed by atoms with Crippen molar-refractivity contribution >= 4 is 30.1 Å². The zero-order valence-electron chi connectivity index (χ0n) is 11.0. The van der Waals surface area contributed by atoms with Crippen LogP contribution in [0.3, 0.4) is 0 Å². The van der Waals surface area contributed by atoms with Crippen molar-refractivity contribution in [3.8, 4) is 0 Å². The summed E-state index contributed by atoms with van der Waals surface area (Å²) in [7, 11) is -1.64. The summed E-state index contributed by atoms with van der Waals surface area (Å²) in [6, 6.07) is 10.5. The van der Waals surface area contributed by atoms with Gasteiger partial charge in [-0.1, -0.05) is 62.5 Å². The van der Waals surface area contributed by atoms with E-state index in [0.717, 1.165) is 0 Å². The van der Waals surface area contributed by atoms with Crippen LogP contribution in [0.2, 0.25) is 18.6 Å². The van der Waals surface area contributed by atoms with Crippen molar-refractivity contribution in [3.63, 3.8) is 0 Å². The molecule has 0 aliphatic heterocycles. The second kappa shape index (κ2) is 5.83. The van der Waals surface area contributed by atoms with Crippen molar-refractivity contribution in [2.24, 2.45) is 5.92 Å². The minimum atomic E-state index is -1.64. The topological polar surface area (TPSA) is 17.1 Å². The van der Waals surface area contributed by atoms with E-state index in [1.807, 2.05) is 6.07 Å². The van der Waals surface area contributed by atoms with Gasteiger partial charge < -0.3 is 0 Å². The Bertz CT molecular complexity index is 373. The summed E-state index contributed by atoms with van der Waals surface area (Å²) in [5.74, 6) is 0.486. The molecule has 0 saturated carbocycles. The number of halogens is 1. The normalized spacial score (nSPS) is 13.8. The number of carbonyl (C=O) groups is 1. The summed E-state index contributed by atoms with van der Waals surface area (Å²) in [4.78, 5) is 11.2. The molecule has 0 spiro atoms. The molecule has 1 aromatic rings. The molecule has 1 unspecified atom stereocenters. The molecule has 0 aliphatic rings. The molecule has 0 fully saturated rings. The summed E-state index contributed by atoms with van der Waals surface area (Å²) in [5.41, 5.74) is 0.398. The Morgan fingerprint density at radius 1 is 1.24 bits per heavy atom. The zero-order valence-corrected chi connectivity index (χ0v) is 12.8. The van der Waals surface area contributed by atoms with Crippen LogP contribution >= 0.6 is 11.6 Å². The average molecular weight is 269 g/mol. The van der Waals surface area contributed by atoms with Crippen molar-refractivity contribution in [1.29, 1.82) is 0 Å². The number of rotatable bonds is 5. The van der Waals surface area contributed by atoms with Crippen molar-refractivity contribution in [2.45, 2.75) is 38.9 Å². The lowest BCUT2D eigenvalue weighted by Crippen LogP contribution is -2.48. The Kier molecular flexibility index (Phi) is 4.96. The van der Waals surface area contributed by atoms with Crippen LogP contribution in [-0.2, 0) is 4.79 Å². The van der Waals surface area contributed by atoms with E-state index in [1.165, 1.54) is 5.19 Å². The first-order chi connectivity index (χ1) is 7.85. The van der Waals surface area contributed by atoms with Gasteiger partial charge in [-0.05, 0) is 23.1 Å². The summed E-state index contributed by atoms with van der Waals surface area (Å²) in [6.45, 7) is 9.02. The zero-order chi connectivity index (χ0) is 13.1. The molecule has 17 heavy (non-hydrogen) atoms. The highest BCUT2D eigenvalue weighted by atomic mass is 35.5. The summed E-state index contributed by atoms with van der Waals surface area (Å²) in [6.07, 6.45) is 0.493. The molecule has 0 heterocycles. The predicted molar refractivity (Wildman–Crippen MR) is 77.6 cm³/mol. The van der Waals surface area contributed by atoms with Gasteiger partial charge >= 0.3 is 0 Å². The van der Waals surface area contributed by atoms with Gasteiger partial charge in [0.1, 0.15) is 0 Å². The summed E-state index contributed by atoms with van der Waals surface area (Å²) < 4.78 is 0. The Morgan fingerprint density at radius 3 is 2.18 bits per heavy atom. The highest BCUT2D eigenvalue weighted by molar-refractivity contribution is 6.91. The Morgan fingerprint density at radius 2 is 1.76 bits per heavy atom. The van der Waals surface area contributed by atoms with E-state index in [-0.39, 0.29) is 5.24 Å². The molecule has 0 saturated heterocycles. The standard InChI is InChI=1S/C14H21ClOSi/c1-11(2)13(10-14(15)16)17(3,4)12-8-6-5-7-9-12/h5-9,11,13H,10H2,1-4H3. The third-order valence-electron chi connectivity index (χ3n) is 3.63. The van der Waals surface area contributed by atoms with Gasteiger partial charge in [0, 0.05) is 6.42 Å². The van der Waals surface area contributed by atoms with Gasteiger partial charge in [-0.3, -0.25) is 4.79 Å². The molecule has 3 heteroatoms. The van der Waals surface area contributed by atoms with Crippen LogP contribution in [0.15, 0.2) is 30.3 Å². The van der Waals surface area contributed by atoms with Crippen molar-refractivity contribution in [2.75, 3.05) is 0 Å². The van der Waals surface area contributed by atoms with Gasteiger partial charge in [-0.15, -0.1) is 0 Å². The third-order valence-corrected chi connectivity index (χ3v) is 8.33. The van der Waals surface area contributed by atoms with Gasteiger partial charge in [0.15, 0.2) is 0 Å². The molecule has 0 amide bonds. The van der Waals surface area contributed by atoms with Gasteiger partial charge in [0.2, 0.25) is 5.24 Å². The molecular formula is C14H21ClOSi. The first kappa shape index (κ1) is 14.5. The smallest absolute Gasteiger partial charge is 0.221 e. The molecule has 1 aromatic carbocycles. The van der Waals surface area contributed by atoms with E-state index >= 15 is 0 Å². The van der Waals surface area contributed by atoms with E-state index < -0.39 is 8.07 Å². The number of hydrogen-bond acceptors (Lipinski definition) is 1. The molecule has 0 bridgehead atoms. The van der Waals surface area contributed by atoms with Gasteiger partial charge in [-0.25, -0.2) is 0 Å². The van der Waals surface area contributed by atoms with Crippen LogP contribution in [0.25, 0.3) is 0 Å². The molecule has 0 N–H and O–H groups in total. The van der Waals surface area contributed by atoms with E-state index in [4.69, 9.17) is 11.6 Å². The molecule has 1 nitrogen and oxygen atoms in total. The molecule has 0 aliphatic carbocycles. The van der Waals surface area contributed by atoms with Crippen LogP contribution in [0.1, 0.15) is 20.3 Å². The monoisotopic (exact) mass is 268 g/mol. The van der Waals surface area contributed by atoms with Gasteiger partial charge in [0.05, 0.1) is 8.07 Å². The van der Waals surface area contributed by atoms with E-state index in [0.29, 0.717) is 17.9 Å². The summed E-state index contributed by atoms with van der Waals surface area (Å²) >= 11 is 5.59. The van der Waals surface area contributed by atoms with Crippen molar-refractivity contribution < 1.29 is 4.79 Å². The van der Waals surface area contributed by atoms with E-state index in [2.05, 4.69) is 51.2 Å². The number of benzene rings is 1. The fourth-order valence-electron chi connectivity index (χ4n) is 2.58. The fourth-order valence-corrected chi connectivity index (χ4v) is 6.72. The van der Waals surface area contributed by atoms with Gasteiger partial charge in [-0.2, -0.15) is 0 Å². The van der Waals surface area contributed by atoms with Crippen LogP contribution in [-0.4, -0.2) is 13.3 Å². The lowest BCUT2D eigenvalue weighted by molar-refractivity contribution is -0.111. The van der Waals surface area contributed by atoms with Crippen molar-refractivity contribution in [3.05, 3.63) is 30.3 Å². The average Bonchev–Trinajstić information content (AvgIpc) is 2.26. The first-order valence-electron chi connectivity index (χ1n) is 6.09. The minimum Gasteiger partial charge on any atom is -0.281 e. The van der Waals surface area contributed by atoms with Crippen molar-refractivity contribution in [1.82, 2.24) is 0 Å². The quantitative estimate of drug-likeness (QED) is 0.587. The minimum absolute atomic E-state index is 0.208. The van der Waals surface area contributed by atoms with E-state index in [9.17, 15) is 4.79 Å². The second-order valence-corrected chi connectivity index (χ2v) is 10.7. The van der Waals surface area contributed by atoms with E-state index in [1.54, 1.807) is 0 Å². The van der Waals surface area contributed by atoms with Crippen LogP contribution in [0.4, 0.5) is 0 Å². The first-order valence-corrected chi connectivity index (χ1v) is 9.55. The molecule has 0 aromatic heterocycles. The van der Waals surface area contributed by atoms with Crippen LogP contribution < -0.4 is 5.19 Å². The maximum Gasteiger partial charge on any atom is 0.221 e. The maximum atomic E-state index is 11.2. The SMILES string of the molecule is CC(C)C(CC(=O)Cl)[Si](C)(C)c1ccccc1.